The summed E-state index contributed by atoms with van der Waals surface area (Å²) in [5, 5.41) is 5.99. The van der Waals surface area contributed by atoms with Crippen LogP contribution in [0.1, 0.15) is 81.1 Å². The van der Waals surface area contributed by atoms with Crippen LogP contribution in [0.5, 0.6) is 0 Å². The Bertz CT molecular complexity index is 1030. The van der Waals surface area contributed by atoms with Crippen LogP contribution < -0.4 is 16.2 Å². The van der Waals surface area contributed by atoms with Crippen LogP contribution in [0.4, 0.5) is 5.00 Å². The minimum Gasteiger partial charge on any atom is -0.462 e. The Hall–Kier alpha value is -1.97. The molecule has 172 valence electrons. The van der Waals surface area contributed by atoms with E-state index in [-0.39, 0.29) is 17.0 Å². The van der Waals surface area contributed by atoms with Gasteiger partial charge in [0.05, 0.1) is 17.7 Å². The third-order valence-corrected chi connectivity index (χ3v) is 8.53. The number of esters is 1. The highest BCUT2D eigenvalue weighted by Crippen LogP contribution is 2.38. The number of hydrazine groups is 1. The summed E-state index contributed by atoms with van der Waals surface area (Å²) >= 11 is 8.64. The quantitative estimate of drug-likeness (QED) is 0.241. The second kappa shape index (κ2) is 10.3. The number of aryl methyl sites for hydroxylation is 1. The summed E-state index contributed by atoms with van der Waals surface area (Å²) in [7, 11) is 0. The molecule has 0 saturated heterocycles. The fraction of sp³-hybridized carbons (Fsp3) is 0.522. The minimum atomic E-state index is -0.319. The SMILES string of the molecule is CCOC(=O)c1c(NC(=S)NNC(=O)c2csc3c2CC[C@H](C)C3)sc2c1CCCCC2. The molecule has 32 heavy (non-hydrogen) atoms. The van der Waals surface area contributed by atoms with Gasteiger partial charge in [-0.2, -0.15) is 0 Å². The van der Waals surface area contributed by atoms with E-state index in [1.54, 1.807) is 22.7 Å². The molecule has 6 nitrogen and oxygen atoms in total. The van der Waals surface area contributed by atoms with Crippen molar-refractivity contribution in [3.63, 3.8) is 0 Å². The molecule has 2 aromatic heterocycles. The van der Waals surface area contributed by atoms with E-state index in [4.69, 9.17) is 17.0 Å². The lowest BCUT2D eigenvalue weighted by Gasteiger charge is -2.19. The molecule has 0 unspecified atom stereocenters. The third-order valence-electron chi connectivity index (χ3n) is 6.06. The van der Waals surface area contributed by atoms with Crippen LogP contribution in [0.3, 0.4) is 0 Å². The first kappa shape index (κ1) is 23.2. The Morgan fingerprint density at radius 1 is 1.12 bits per heavy atom. The zero-order valence-corrected chi connectivity index (χ0v) is 20.9. The summed E-state index contributed by atoms with van der Waals surface area (Å²) in [5.74, 6) is 0.163. The molecular weight excluding hydrogens is 462 g/mol. The Kier molecular flexibility index (Phi) is 7.48. The van der Waals surface area contributed by atoms with E-state index in [2.05, 4.69) is 23.1 Å². The van der Waals surface area contributed by atoms with Crippen molar-refractivity contribution < 1.29 is 14.3 Å². The molecule has 0 aliphatic heterocycles. The lowest BCUT2D eigenvalue weighted by atomic mass is 9.88. The highest BCUT2D eigenvalue weighted by molar-refractivity contribution is 7.80. The van der Waals surface area contributed by atoms with Gasteiger partial charge < -0.3 is 10.1 Å². The maximum absolute atomic E-state index is 12.7. The molecule has 0 fully saturated rings. The Labute approximate surface area is 202 Å². The highest BCUT2D eigenvalue weighted by atomic mass is 32.1. The van der Waals surface area contributed by atoms with Gasteiger partial charge in [0.15, 0.2) is 5.11 Å². The Morgan fingerprint density at radius 2 is 1.94 bits per heavy atom. The van der Waals surface area contributed by atoms with E-state index < -0.39 is 0 Å². The highest BCUT2D eigenvalue weighted by Gasteiger charge is 2.27. The molecule has 2 aromatic rings. The van der Waals surface area contributed by atoms with Crippen molar-refractivity contribution in [2.24, 2.45) is 5.92 Å². The van der Waals surface area contributed by atoms with Crippen LogP contribution >= 0.6 is 34.9 Å². The molecular formula is C23H29N3O3S3. The molecule has 1 amide bonds. The molecule has 2 aliphatic carbocycles. The van der Waals surface area contributed by atoms with Gasteiger partial charge in [-0.15, -0.1) is 22.7 Å². The molecule has 2 heterocycles. The molecule has 0 aromatic carbocycles. The molecule has 2 aliphatic rings. The number of hydrogen-bond donors (Lipinski definition) is 3. The first-order valence-corrected chi connectivity index (χ1v) is 13.4. The number of carbonyl (C=O) groups excluding carboxylic acids is 2. The summed E-state index contributed by atoms with van der Waals surface area (Å²) in [6.07, 6.45) is 8.29. The van der Waals surface area contributed by atoms with Crippen LogP contribution in [0.25, 0.3) is 0 Å². The molecule has 0 bridgehead atoms. The topological polar surface area (TPSA) is 79.5 Å². The maximum Gasteiger partial charge on any atom is 0.341 e. The van der Waals surface area contributed by atoms with Gasteiger partial charge in [-0.1, -0.05) is 13.3 Å². The average molecular weight is 492 g/mol. The summed E-state index contributed by atoms with van der Waals surface area (Å²) in [4.78, 5) is 28.0. The number of thiocarbonyl (C=S) groups is 1. The number of hydrogen-bond acceptors (Lipinski definition) is 6. The van der Waals surface area contributed by atoms with Crippen LogP contribution in [-0.2, 0) is 30.4 Å². The van der Waals surface area contributed by atoms with Crippen LogP contribution in [-0.4, -0.2) is 23.6 Å². The van der Waals surface area contributed by atoms with E-state index in [0.717, 1.165) is 61.6 Å². The van der Waals surface area contributed by atoms with Gasteiger partial charge in [0.2, 0.25) is 0 Å². The number of amides is 1. The third kappa shape index (κ3) is 5.00. The fourth-order valence-electron chi connectivity index (χ4n) is 4.43. The molecule has 3 N–H and O–H groups in total. The molecule has 0 saturated carbocycles. The minimum absolute atomic E-state index is 0.186. The monoisotopic (exact) mass is 491 g/mol. The first-order chi connectivity index (χ1) is 15.5. The van der Waals surface area contributed by atoms with E-state index in [0.29, 0.717) is 23.1 Å². The van der Waals surface area contributed by atoms with E-state index >= 15 is 0 Å². The zero-order chi connectivity index (χ0) is 22.7. The summed E-state index contributed by atoms with van der Waals surface area (Å²) in [6.45, 7) is 4.38. The number of thiophene rings is 2. The van der Waals surface area contributed by atoms with Gasteiger partial charge in [-0.25, -0.2) is 4.79 Å². The number of fused-ring (bicyclic) bond motifs is 2. The second-order valence-electron chi connectivity index (χ2n) is 8.42. The second-order valence-corrected chi connectivity index (χ2v) is 10.9. The van der Waals surface area contributed by atoms with Crippen LogP contribution in [0.2, 0.25) is 0 Å². The predicted octanol–water partition coefficient (Wildman–Crippen LogP) is 5.01. The predicted molar refractivity (Wildman–Crippen MR) is 134 cm³/mol. The van der Waals surface area contributed by atoms with E-state index in [1.807, 2.05) is 12.3 Å². The normalized spacial score (nSPS) is 17.5. The van der Waals surface area contributed by atoms with Gasteiger partial charge in [0, 0.05) is 15.1 Å². The summed E-state index contributed by atoms with van der Waals surface area (Å²) in [5.41, 5.74) is 9.08. The van der Waals surface area contributed by atoms with Gasteiger partial charge in [0.25, 0.3) is 5.91 Å². The number of ether oxygens (including phenoxy) is 1. The summed E-state index contributed by atoms with van der Waals surface area (Å²) in [6, 6.07) is 0. The largest absolute Gasteiger partial charge is 0.462 e. The molecule has 0 spiro atoms. The van der Waals surface area contributed by atoms with E-state index in [1.165, 1.54) is 16.2 Å². The Morgan fingerprint density at radius 3 is 2.75 bits per heavy atom. The van der Waals surface area contributed by atoms with Crippen molar-refractivity contribution in [2.45, 2.75) is 65.2 Å². The summed E-state index contributed by atoms with van der Waals surface area (Å²) < 4.78 is 5.32. The van der Waals surface area contributed by atoms with Crippen molar-refractivity contribution in [1.82, 2.24) is 10.9 Å². The van der Waals surface area contributed by atoms with Crippen molar-refractivity contribution in [3.05, 3.63) is 37.4 Å². The van der Waals surface area contributed by atoms with Gasteiger partial charge >= 0.3 is 5.97 Å². The van der Waals surface area contributed by atoms with Crippen molar-refractivity contribution in [2.75, 3.05) is 11.9 Å². The molecule has 9 heteroatoms. The van der Waals surface area contributed by atoms with Crippen molar-refractivity contribution in [1.29, 1.82) is 0 Å². The number of carbonyl (C=O) groups is 2. The lowest BCUT2D eigenvalue weighted by molar-refractivity contribution is 0.0526. The Balaban J connectivity index is 1.43. The van der Waals surface area contributed by atoms with Gasteiger partial charge in [-0.3, -0.25) is 15.6 Å². The van der Waals surface area contributed by atoms with Crippen molar-refractivity contribution in [3.8, 4) is 0 Å². The first-order valence-electron chi connectivity index (χ1n) is 11.3. The molecule has 1 atom stereocenters. The molecule has 4 rings (SSSR count). The zero-order valence-electron chi connectivity index (χ0n) is 18.5. The fourth-order valence-corrected chi connectivity index (χ4v) is 7.18. The van der Waals surface area contributed by atoms with Gasteiger partial charge in [0.1, 0.15) is 5.00 Å². The van der Waals surface area contributed by atoms with Crippen molar-refractivity contribution >= 4 is 56.9 Å². The number of nitrogens with one attached hydrogen (secondary N) is 3. The van der Waals surface area contributed by atoms with Gasteiger partial charge in [-0.05, 0) is 81.1 Å². The standard InChI is InChI=1S/C23H29N3O3S3/c1-3-29-22(28)19-15-7-5-4-6-8-17(15)32-21(19)24-23(30)26-25-20(27)16-12-31-18-11-13(2)9-10-14(16)18/h12-13H,3-11H2,1-2H3,(H,25,27)(H2,24,26,30)/t13-/m0/s1. The van der Waals surface area contributed by atoms with Crippen LogP contribution in [0, 0.1) is 5.92 Å². The number of rotatable bonds is 4. The van der Waals surface area contributed by atoms with Crippen LogP contribution in [0.15, 0.2) is 5.38 Å². The number of anilines is 1. The van der Waals surface area contributed by atoms with E-state index in [9.17, 15) is 9.59 Å². The molecule has 0 radical (unpaired) electrons. The smallest absolute Gasteiger partial charge is 0.341 e. The maximum atomic E-state index is 12.7. The lowest BCUT2D eigenvalue weighted by Crippen LogP contribution is -2.44. The average Bonchev–Trinajstić information content (AvgIpc) is 3.25.